The van der Waals surface area contributed by atoms with E-state index in [1.54, 1.807) is 0 Å². The summed E-state index contributed by atoms with van der Waals surface area (Å²) in [6, 6.07) is 0. The zero-order valence-electron chi connectivity index (χ0n) is 9.43. The van der Waals surface area contributed by atoms with E-state index < -0.39 is 0 Å². The summed E-state index contributed by atoms with van der Waals surface area (Å²) in [6.45, 7) is 6.43. The SMILES string of the molecule is CC(C)(C)C(=O)SCCNC(=O)C[NH3+].[Br-]. The fraction of sp³-hybridized carbons (Fsp3) is 0.778. The number of rotatable bonds is 4. The molecule has 0 unspecified atom stereocenters. The molecule has 4 nitrogen and oxygen atoms in total. The summed E-state index contributed by atoms with van der Waals surface area (Å²) in [4.78, 5) is 22.2. The minimum Gasteiger partial charge on any atom is -1.00 e. The van der Waals surface area contributed by atoms with Gasteiger partial charge in [-0.2, -0.15) is 0 Å². The second-order valence-corrected chi connectivity index (χ2v) is 5.05. The van der Waals surface area contributed by atoms with Gasteiger partial charge in [0.2, 0.25) is 0 Å². The monoisotopic (exact) mass is 298 g/mol. The summed E-state index contributed by atoms with van der Waals surface area (Å²) in [5.74, 6) is 0.552. The molecule has 0 aromatic carbocycles. The van der Waals surface area contributed by atoms with Gasteiger partial charge in [0.05, 0.1) is 0 Å². The molecule has 4 N–H and O–H groups in total. The van der Waals surface area contributed by atoms with Crippen molar-refractivity contribution >= 4 is 22.8 Å². The van der Waals surface area contributed by atoms with Gasteiger partial charge in [-0.25, -0.2) is 0 Å². The summed E-state index contributed by atoms with van der Waals surface area (Å²) >= 11 is 1.26. The number of halogens is 1. The molecule has 1 amide bonds. The van der Waals surface area contributed by atoms with Crippen molar-refractivity contribution in [1.29, 1.82) is 0 Å². The van der Waals surface area contributed by atoms with Crippen LogP contribution in [0.4, 0.5) is 0 Å². The molecule has 0 fully saturated rings. The van der Waals surface area contributed by atoms with Crippen LogP contribution in [0.15, 0.2) is 0 Å². The lowest BCUT2D eigenvalue weighted by molar-refractivity contribution is -0.355. The topological polar surface area (TPSA) is 73.8 Å². The van der Waals surface area contributed by atoms with Crippen molar-refractivity contribution in [1.82, 2.24) is 5.32 Å². The number of nitrogens with one attached hydrogen (secondary N) is 1. The van der Waals surface area contributed by atoms with Crippen molar-refractivity contribution in [2.45, 2.75) is 20.8 Å². The number of hydrogen-bond acceptors (Lipinski definition) is 3. The van der Waals surface area contributed by atoms with Gasteiger partial charge in [-0.1, -0.05) is 32.5 Å². The lowest BCUT2D eigenvalue weighted by Crippen LogP contribution is -3.00. The van der Waals surface area contributed by atoms with Crippen LogP contribution in [0.5, 0.6) is 0 Å². The van der Waals surface area contributed by atoms with Crippen LogP contribution < -0.4 is 28.0 Å². The molecule has 0 saturated carbocycles. The van der Waals surface area contributed by atoms with E-state index >= 15 is 0 Å². The van der Waals surface area contributed by atoms with Crippen LogP contribution in [0.25, 0.3) is 0 Å². The fourth-order valence-corrected chi connectivity index (χ4v) is 1.46. The zero-order valence-corrected chi connectivity index (χ0v) is 11.8. The first-order chi connectivity index (χ1) is 6.38. The molecule has 0 aromatic heterocycles. The molecule has 0 aliphatic rings. The predicted octanol–water partition coefficient (Wildman–Crippen LogP) is -3.35. The van der Waals surface area contributed by atoms with E-state index in [2.05, 4.69) is 11.1 Å². The molecule has 0 spiro atoms. The standard InChI is InChI=1S/C9H18N2O2S.BrH/c1-9(2,3)8(13)14-5-4-11-7(12)6-10;/h4-6,10H2,1-3H3,(H,11,12);1H. The van der Waals surface area contributed by atoms with Crippen LogP contribution in [0, 0.1) is 5.41 Å². The van der Waals surface area contributed by atoms with Gasteiger partial charge in [0.1, 0.15) is 0 Å². The maximum Gasteiger partial charge on any atom is 0.275 e. The molecule has 0 aromatic rings. The molecule has 0 atom stereocenters. The first kappa shape index (κ1) is 17.3. The summed E-state index contributed by atoms with van der Waals surface area (Å²) < 4.78 is 0. The maximum absolute atomic E-state index is 11.4. The van der Waals surface area contributed by atoms with Gasteiger partial charge in [-0.05, 0) is 0 Å². The van der Waals surface area contributed by atoms with E-state index in [-0.39, 0.29) is 40.0 Å². The van der Waals surface area contributed by atoms with E-state index in [0.717, 1.165) is 0 Å². The van der Waals surface area contributed by atoms with Crippen LogP contribution in [-0.4, -0.2) is 29.9 Å². The van der Waals surface area contributed by atoms with Crippen LogP contribution in [0.3, 0.4) is 0 Å². The molecule has 0 aliphatic heterocycles. The Morgan fingerprint density at radius 3 is 2.27 bits per heavy atom. The fourth-order valence-electron chi connectivity index (χ4n) is 0.639. The van der Waals surface area contributed by atoms with E-state index in [1.165, 1.54) is 11.8 Å². The van der Waals surface area contributed by atoms with Crippen molar-refractivity contribution in [3.8, 4) is 0 Å². The third kappa shape index (κ3) is 8.89. The predicted molar refractivity (Wildman–Crippen MR) is 57.7 cm³/mol. The van der Waals surface area contributed by atoms with Gasteiger partial charge in [-0.3, -0.25) is 9.59 Å². The summed E-state index contributed by atoms with van der Waals surface area (Å²) in [7, 11) is 0. The first-order valence-electron chi connectivity index (χ1n) is 4.61. The Labute approximate surface area is 106 Å². The van der Waals surface area contributed by atoms with Crippen LogP contribution in [-0.2, 0) is 9.59 Å². The van der Waals surface area contributed by atoms with Crippen molar-refractivity contribution in [3.63, 3.8) is 0 Å². The second kappa shape index (κ2) is 8.13. The summed E-state index contributed by atoms with van der Waals surface area (Å²) in [6.07, 6.45) is 0. The van der Waals surface area contributed by atoms with Gasteiger partial charge in [0.25, 0.3) is 5.91 Å². The average molecular weight is 299 g/mol. The Morgan fingerprint density at radius 2 is 1.87 bits per heavy atom. The quantitative estimate of drug-likeness (QED) is 0.533. The minimum absolute atomic E-state index is 0. The van der Waals surface area contributed by atoms with Crippen molar-refractivity contribution in [2.75, 3.05) is 18.8 Å². The third-order valence-electron chi connectivity index (χ3n) is 1.50. The number of hydrogen-bond donors (Lipinski definition) is 2. The average Bonchev–Trinajstić information content (AvgIpc) is 2.09. The number of carbonyl (C=O) groups is 2. The Hall–Kier alpha value is -0.0700. The zero-order chi connectivity index (χ0) is 11.2. The van der Waals surface area contributed by atoms with E-state index in [9.17, 15) is 9.59 Å². The van der Waals surface area contributed by atoms with Crippen LogP contribution in [0.1, 0.15) is 20.8 Å². The van der Waals surface area contributed by atoms with E-state index in [0.29, 0.717) is 12.3 Å². The molecule has 0 radical (unpaired) electrons. The molecule has 0 aliphatic carbocycles. The van der Waals surface area contributed by atoms with E-state index in [4.69, 9.17) is 0 Å². The van der Waals surface area contributed by atoms with Crippen molar-refractivity contribution in [2.24, 2.45) is 5.41 Å². The van der Waals surface area contributed by atoms with Gasteiger partial charge in [-0.15, -0.1) is 0 Å². The molecule has 0 heterocycles. The minimum atomic E-state index is -0.305. The van der Waals surface area contributed by atoms with Gasteiger partial charge in [0, 0.05) is 17.7 Å². The lowest BCUT2D eigenvalue weighted by Gasteiger charge is -2.15. The van der Waals surface area contributed by atoms with Crippen LogP contribution >= 0.6 is 11.8 Å². The van der Waals surface area contributed by atoms with Crippen LogP contribution in [0.2, 0.25) is 0 Å². The summed E-state index contributed by atoms with van der Waals surface area (Å²) in [5, 5.41) is 2.82. The smallest absolute Gasteiger partial charge is 0.275 e. The largest absolute Gasteiger partial charge is 1.00 e. The molecular formula is C9H19BrN2O2S. The molecule has 90 valence electrons. The van der Waals surface area contributed by atoms with Gasteiger partial charge >= 0.3 is 0 Å². The number of thioether (sulfide) groups is 1. The number of amides is 1. The third-order valence-corrected chi connectivity index (χ3v) is 2.78. The normalized spacial score (nSPS) is 10.4. The molecular weight excluding hydrogens is 280 g/mol. The van der Waals surface area contributed by atoms with Gasteiger partial charge < -0.3 is 28.0 Å². The van der Waals surface area contributed by atoms with Crippen molar-refractivity contribution in [3.05, 3.63) is 0 Å². The molecule has 0 bridgehead atoms. The molecule has 15 heavy (non-hydrogen) atoms. The highest BCUT2D eigenvalue weighted by Gasteiger charge is 2.21. The first-order valence-corrected chi connectivity index (χ1v) is 5.59. The number of quaternary nitrogens is 1. The highest BCUT2D eigenvalue weighted by atomic mass is 79.9. The number of carbonyl (C=O) groups excluding carboxylic acids is 2. The highest BCUT2D eigenvalue weighted by Crippen LogP contribution is 2.22. The Balaban J connectivity index is 0. The Kier molecular flexibility index (Phi) is 9.39. The Morgan fingerprint density at radius 1 is 1.33 bits per heavy atom. The lowest BCUT2D eigenvalue weighted by atomic mass is 10.00. The van der Waals surface area contributed by atoms with Gasteiger partial charge in [0.15, 0.2) is 11.7 Å². The van der Waals surface area contributed by atoms with Crippen molar-refractivity contribution < 1.29 is 32.3 Å². The molecule has 6 heteroatoms. The maximum atomic E-state index is 11.4. The molecule has 0 rings (SSSR count). The van der Waals surface area contributed by atoms with E-state index in [1.807, 2.05) is 20.8 Å². The molecule has 0 saturated heterocycles. The Bertz CT molecular complexity index is 217. The highest BCUT2D eigenvalue weighted by molar-refractivity contribution is 8.13. The summed E-state index contributed by atoms with van der Waals surface area (Å²) in [5.41, 5.74) is 3.15. The second-order valence-electron chi connectivity index (χ2n) is 3.99.